The molecule has 7 nitrogen and oxygen atoms in total. The molecule has 1 aliphatic rings. The minimum atomic E-state index is -1.11. The van der Waals surface area contributed by atoms with Crippen LogP contribution in [-0.4, -0.2) is 53.7 Å². The van der Waals surface area contributed by atoms with Crippen LogP contribution in [0, 0.1) is 0 Å². The maximum atomic E-state index is 12.5. The summed E-state index contributed by atoms with van der Waals surface area (Å²) in [4.78, 5) is 37.2. The average molecular weight is 410 g/mol. The van der Waals surface area contributed by atoms with Crippen LogP contribution in [0.25, 0.3) is 11.1 Å². The number of carboxylic acid groups (broad SMARTS) is 1. The first-order valence-corrected chi connectivity index (χ1v) is 9.96. The Morgan fingerprint density at radius 2 is 1.60 bits per heavy atom. The third kappa shape index (κ3) is 4.15. The van der Waals surface area contributed by atoms with Crippen LogP contribution in [-0.2, 0) is 14.3 Å². The number of likely N-dealkylation sites (N-methyl/N-ethyl adjacent to an activating group) is 1. The zero-order valence-electron chi connectivity index (χ0n) is 17.3. The second-order valence-electron chi connectivity index (χ2n) is 7.39. The van der Waals surface area contributed by atoms with Crippen LogP contribution in [0.1, 0.15) is 37.3 Å². The maximum Gasteiger partial charge on any atom is 0.407 e. The Hall–Kier alpha value is -3.35. The normalized spacial score (nSPS) is 14.2. The van der Waals surface area contributed by atoms with Gasteiger partial charge >= 0.3 is 12.1 Å². The van der Waals surface area contributed by atoms with Crippen molar-refractivity contribution < 1.29 is 24.2 Å². The Labute approximate surface area is 175 Å². The number of ether oxygens (including phenoxy) is 1. The van der Waals surface area contributed by atoms with E-state index in [1.807, 2.05) is 36.4 Å². The Kier molecular flexibility index (Phi) is 6.40. The molecule has 3 rings (SSSR count). The second kappa shape index (κ2) is 8.98. The lowest BCUT2D eigenvalue weighted by atomic mass is 9.98. The van der Waals surface area contributed by atoms with E-state index in [-0.39, 0.29) is 12.5 Å². The number of nitrogens with zero attached hydrogens (tertiary/aromatic N) is 1. The smallest absolute Gasteiger partial charge is 0.407 e. The van der Waals surface area contributed by atoms with Crippen LogP contribution >= 0.6 is 0 Å². The fourth-order valence-corrected chi connectivity index (χ4v) is 3.72. The number of hydrogen-bond acceptors (Lipinski definition) is 4. The van der Waals surface area contributed by atoms with Gasteiger partial charge in [0.2, 0.25) is 5.91 Å². The molecule has 0 unspecified atom stereocenters. The van der Waals surface area contributed by atoms with Gasteiger partial charge in [-0.2, -0.15) is 0 Å². The van der Waals surface area contributed by atoms with E-state index in [1.165, 1.54) is 14.0 Å². The molecule has 0 fully saturated rings. The molecular formula is C23H26N2O5. The first-order valence-electron chi connectivity index (χ1n) is 9.96. The molecule has 2 aromatic carbocycles. The van der Waals surface area contributed by atoms with Gasteiger partial charge in [-0.1, -0.05) is 55.5 Å². The van der Waals surface area contributed by atoms with Crippen molar-refractivity contribution >= 4 is 18.0 Å². The molecule has 30 heavy (non-hydrogen) atoms. The zero-order chi connectivity index (χ0) is 21.8. The number of rotatable bonds is 7. The van der Waals surface area contributed by atoms with Gasteiger partial charge in [-0.3, -0.25) is 4.79 Å². The Bertz CT molecular complexity index is 913. The number of carboxylic acids is 1. The van der Waals surface area contributed by atoms with Crippen molar-refractivity contribution in [3.8, 4) is 11.1 Å². The summed E-state index contributed by atoms with van der Waals surface area (Å²) in [5.41, 5.74) is 4.47. The molecule has 0 radical (unpaired) electrons. The van der Waals surface area contributed by atoms with Crippen LogP contribution < -0.4 is 5.32 Å². The lowest BCUT2D eigenvalue weighted by molar-refractivity contribution is -0.149. The number of benzene rings is 2. The van der Waals surface area contributed by atoms with Crippen molar-refractivity contribution in [3.05, 3.63) is 59.7 Å². The van der Waals surface area contributed by atoms with Crippen LogP contribution in [0.15, 0.2) is 48.5 Å². The molecule has 0 spiro atoms. The van der Waals surface area contributed by atoms with Gasteiger partial charge in [-0.15, -0.1) is 0 Å². The number of aliphatic carboxylic acids is 1. The summed E-state index contributed by atoms with van der Waals surface area (Å²) in [6.45, 7) is 3.30. The summed E-state index contributed by atoms with van der Waals surface area (Å²) in [5.74, 6) is -1.66. The second-order valence-corrected chi connectivity index (χ2v) is 7.39. The van der Waals surface area contributed by atoms with E-state index in [2.05, 4.69) is 17.4 Å². The number of nitrogens with one attached hydrogen (secondary N) is 1. The molecule has 0 saturated carbocycles. The fraction of sp³-hybridized carbons (Fsp3) is 0.348. The molecule has 0 aromatic heterocycles. The molecule has 0 aliphatic heterocycles. The van der Waals surface area contributed by atoms with Gasteiger partial charge in [0.25, 0.3) is 0 Å². The maximum absolute atomic E-state index is 12.5. The molecule has 158 valence electrons. The predicted molar refractivity (Wildman–Crippen MR) is 112 cm³/mol. The monoisotopic (exact) mass is 410 g/mol. The molecule has 2 aromatic rings. The third-order valence-electron chi connectivity index (χ3n) is 5.63. The van der Waals surface area contributed by atoms with E-state index in [1.54, 1.807) is 6.92 Å². The summed E-state index contributed by atoms with van der Waals surface area (Å²) in [5, 5.41) is 11.7. The molecule has 0 saturated heterocycles. The first-order chi connectivity index (χ1) is 14.3. The van der Waals surface area contributed by atoms with E-state index in [0.29, 0.717) is 6.42 Å². The van der Waals surface area contributed by atoms with Crippen LogP contribution in [0.2, 0.25) is 0 Å². The van der Waals surface area contributed by atoms with Crippen molar-refractivity contribution in [2.24, 2.45) is 0 Å². The lowest BCUT2D eigenvalue weighted by Crippen LogP contribution is -2.51. The Balaban J connectivity index is 1.66. The van der Waals surface area contributed by atoms with Crippen LogP contribution in [0.4, 0.5) is 4.79 Å². The number of amides is 2. The Morgan fingerprint density at radius 3 is 2.10 bits per heavy atom. The van der Waals surface area contributed by atoms with Gasteiger partial charge in [0.1, 0.15) is 18.7 Å². The zero-order valence-corrected chi connectivity index (χ0v) is 17.3. The quantitative estimate of drug-likeness (QED) is 0.731. The molecule has 7 heteroatoms. The third-order valence-corrected chi connectivity index (χ3v) is 5.63. The van der Waals surface area contributed by atoms with Gasteiger partial charge in [0.15, 0.2) is 0 Å². The van der Waals surface area contributed by atoms with Gasteiger partial charge in [-0.25, -0.2) is 9.59 Å². The molecule has 2 atom stereocenters. The summed E-state index contributed by atoms with van der Waals surface area (Å²) in [6.07, 6.45) is -0.381. The molecule has 0 heterocycles. The molecule has 2 amide bonds. The average Bonchev–Trinajstić information content (AvgIpc) is 3.08. The molecule has 0 bridgehead atoms. The van der Waals surface area contributed by atoms with E-state index < -0.39 is 30.1 Å². The number of alkyl carbamates (subject to hydrolysis) is 1. The van der Waals surface area contributed by atoms with Gasteiger partial charge in [-0.05, 0) is 35.6 Å². The van der Waals surface area contributed by atoms with Crippen molar-refractivity contribution in [2.75, 3.05) is 13.7 Å². The van der Waals surface area contributed by atoms with Crippen molar-refractivity contribution in [1.82, 2.24) is 10.2 Å². The largest absolute Gasteiger partial charge is 0.480 e. The minimum absolute atomic E-state index is 0.0753. The first kappa shape index (κ1) is 21.4. The lowest BCUT2D eigenvalue weighted by Gasteiger charge is -2.26. The van der Waals surface area contributed by atoms with E-state index >= 15 is 0 Å². The highest BCUT2D eigenvalue weighted by molar-refractivity contribution is 5.89. The minimum Gasteiger partial charge on any atom is -0.480 e. The summed E-state index contributed by atoms with van der Waals surface area (Å²) in [7, 11) is 1.41. The topological polar surface area (TPSA) is 95.9 Å². The van der Waals surface area contributed by atoms with Gasteiger partial charge in [0, 0.05) is 13.0 Å². The highest BCUT2D eigenvalue weighted by atomic mass is 16.5. The predicted octanol–water partition coefficient (Wildman–Crippen LogP) is 3.24. The molecule has 1 aliphatic carbocycles. The van der Waals surface area contributed by atoms with E-state index in [4.69, 9.17) is 9.84 Å². The highest BCUT2D eigenvalue weighted by Gasteiger charge is 2.31. The van der Waals surface area contributed by atoms with E-state index in [0.717, 1.165) is 27.2 Å². The number of hydrogen-bond donors (Lipinski definition) is 2. The summed E-state index contributed by atoms with van der Waals surface area (Å²) >= 11 is 0. The van der Waals surface area contributed by atoms with Gasteiger partial charge in [0.05, 0.1) is 0 Å². The molecular weight excluding hydrogens is 384 g/mol. The van der Waals surface area contributed by atoms with Crippen LogP contribution in [0.5, 0.6) is 0 Å². The summed E-state index contributed by atoms with van der Waals surface area (Å²) < 4.78 is 5.47. The highest BCUT2D eigenvalue weighted by Crippen LogP contribution is 2.44. The number of carbonyl (C=O) groups excluding carboxylic acids is 2. The summed E-state index contributed by atoms with van der Waals surface area (Å²) in [6, 6.07) is 14.2. The standard InChI is InChI=1S/C23H26N2O5/c1-4-20(21(26)25(3)14(2)22(27)28)24-23(29)30-13-19-17-11-7-5-9-15(17)16-10-6-8-12-18(16)19/h5-12,14,19-20H,4,13H2,1-3H3,(H,24,29)(H,27,28)/t14-,20+/m0/s1. The number of fused-ring (bicyclic) bond motifs is 3. The fourth-order valence-electron chi connectivity index (χ4n) is 3.72. The molecule has 2 N–H and O–H groups in total. The van der Waals surface area contributed by atoms with Gasteiger partial charge < -0.3 is 20.1 Å². The SMILES string of the molecule is CC[C@@H](NC(=O)OCC1c2ccccc2-c2ccccc21)C(=O)N(C)[C@@H](C)C(=O)O. The van der Waals surface area contributed by atoms with Crippen LogP contribution in [0.3, 0.4) is 0 Å². The van der Waals surface area contributed by atoms with Crippen molar-refractivity contribution in [2.45, 2.75) is 38.3 Å². The Morgan fingerprint density at radius 1 is 1.07 bits per heavy atom. The number of carbonyl (C=O) groups is 3. The van der Waals surface area contributed by atoms with Crippen molar-refractivity contribution in [3.63, 3.8) is 0 Å². The van der Waals surface area contributed by atoms with E-state index in [9.17, 15) is 14.4 Å². The van der Waals surface area contributed by atoms with Crippen molar-refractivity contribution in [1.29, 1.82) is 0 Å².